The number of nitrogens with zero attached hydrogens (tertiary/aromatic N) is 6. The Morgan fingerprint density at radius 2 is 1.85 bits per heavy atom. The molecule has 14 heteroatoms. The van der Waals surface area contributed by atoms with E-state index in [0.717, 1.165) is 58.3 Å². The second kappa shape index (κ2) is 11.6. The lowest BCUT2D eigenvalue weighted by atomic mass is 10.1. The van der Waals surface area contributed by atoms with Crippen molar-refractivity contribution in [3.63, 3.8) is 0 Å². The minimum atomic E-state index is -8.97. The minimum Gasteiger partial charge on any atom is -0.488 e. The Bertz CT molecular complexity index is 1520. The van der Waals surface area contributed by atoms with Crippen LogP contribution in [0.15, 0.2) is 65.5 Å². The van der Waals surface area contributed by atoms with E-state index < -0.39 is 16.5 Å². The van der Waals surface area contributed by atoms with Crippen LogP contribution in [0.3, 0.4) is 0 Å². The van der Waals surface area contributed by atoms with Crippen LogP contribution in [0.1, 0.15) is 25.1 Å². The maximum Gasteiger partial charge on any atom is 0.283 e. The van der Waals surface area contributed by atoms with Gasteiger partial charge in [-0.15, -0.1) is 12.8 Å². The summed E-state index contributed by atoms with van der Waals surface area (Å²) in [6.07, 6.45) is 21.2. The van der Waals surface area contributed by atoms with E-state index in [-0.39, 0.29) is 0 Å². The number of hydrogen-bond acceptors (Lipinski definition) is 7. The van der Waals surface area contributed by atoms with E-state index in [0.29, 0.717) is 6.61 Å². The molecule has 3 aromatic rings. The van der Waals surface area contributed by atoms with Crippen LogP contribution >= 0.6 is 21.8 Å². The van der Waals surface area contributed by atoms with Crippen LogP contribution in [0.25, 0.3) is 21.8 Å². The Balaban J connectivity index is 0.000000452. The van der Waals surface area contributed by atoms with Gasteiger partial charge in [0.05, 0.1) is 48.3 Å². The van der Waals surface area contributed by atoms with E-state index in [1.54, 1.807) is 0 Å². The quantitative estimate of drug-likeness (QED) is 0.171. The van der Waals surface area contributed by atoms with Crippen LogP contribution in [0.4, 0.5) is 19.4 Å². The number of hydrazine groups is 1. The lowest BCUT2D eigenvalue weighted by Gasteiger charge is -2.44. The molecule has 0 spiro atoms. The average molecular weight is 615 g/mol. The van der Waals surface area contributed by atoms with Crippen molar-refractivity contribution in [1.29, 1.82) is 0 Å². The van der Waals surface area contributed by atoms with Gasteiger partial charge < -0.3 is 9.30 Å². The summed E-state index contributed by atoms with van der Waals surface area (Å²) in [7, 11) is -8.97. The van der Waals surface area contributed by atoms with Gasteiger partial charge in [0, 0.05) is 23.5 Å². The Morgan fingerprint density at radius 1 is 1.15 bits per heavy atom. The summed E-state index contributed by atoms with van der Waals surface area (Å²) in [4.78, 5) is 9.18. The number of terminal acetylenes is 1. The van der Waals surface area contributed by atoms with Crippen molar-refractivity contribution in [2.45, 2.75) is 20.8 Å². The molecule has 0 unspecified atom stereocenters. The molecule has 2 aliphatic heterocycles. The van der Waals surface area contributed by atoms with Crippen LogP contribution < -0.4 is 0 Å². The zero-order valence-electron chi connectivity index (χ0n) is 23.0. The smallest absolute Gasteiger partial charge is 0.283 e. The highest BCUT2D eigenvalue weighted by atomic mass is 32.5. The van der Waals surface area contributed by atoms with E-state index in [9.17, 15) is 19.4 Å². The minimum absolute atomic E-state index is 0.621. The summed E-state index contributed by atoms with van der Waals surface area (Å²) in [6, 6.07) is 4.24. The molecule has 1 saturated heterocycles. The normalized spacial score (nSPS) is 18.4. The van der Waals surface area contributed by atoms with Crippen molar-refractivity contribution < 1.29 is 24.2 Å². The number of halogens is 5. The number of aliphatic imine (C=N–C) groups is 1. The van der Waals surface area contributed by atoms with Crippen LogP contribution in [0.2, 0.25) is 0 Å². The molecular weight excluding hydrogens is 583 g/mol. The summed E-state index contributed by atoms with van der Waals surface area (Å²) in [5, 5.41) is 5.63. The second-order valence-corrected chi connectivity index (χ2v) is 12.7. The molecule has 41 heavy (non-hydrogen) atoms. The van der Waals surface area contributed by atoms with Gasteiger partial charge in [0.25, 0.3) is 10.2 Å². The van der Waals surface area contributed by atoms with Crippen molar-refractivity contribution in [1.82, 2.24) is 23.9 Å². The fourth-order valence-electron chi connectivity index (χ4n) is 4.09. The maximum atomic E-state index is 10.5. The number of amidine groups is 1. The Labute approximate surface area is 240 Å². The molecule has 5 rings (SSSR count). The van der Waals surface area contributed by atoms with Crippen molar-refractivity contribution in [2.75, 3.05) is 32.5 Å². The maximum absolute atomic E-state index is 10.5. The third-order valence-electron chi connectivity index (χ3n) is 5.64. The lowest BCUT2D eigenvalue weighted by Crippen LogP contribution is -2.54. The van der Waals surface area contributed by atoms with E-state index in [4.69, 9.17) is 9.73 Å². The van der Waals surface area contributed by atoms with Gasteiger partial charge in [-0.2, -0.15) is 4.37 Å². The summed E-state index contributed by atoms with van der Waals surface area (Å²) in [5.74, 6) is 1.69. The molecule has 1 aromatic carbocycles. The largest absolute Gasteiger partial charge is 0.488 e. The van der Waals surface area contributed by atoms with Gasteiger partial charge in [-0.05, 0) is 56.1 Å². The molecule has 0 amide bonds. The van der Waals surface area contributed by atoms with Crippen molar-refractivity contribution >= 4 is 43.8 Å². The predicted molar refractivity (Wildman–Crippen MR) is 159 cm³/mol. The topological polar surface area (TPSA) is 58.8 Å². The van der Waals surface area contributed by atoms with E-state index in [1.807, 2.05) is 38.6 Å². The number of imidazole rings is 1. The van der Waals surface area contributed by atoms with Crippen molar-refractivity contribution in [3.8, 4) is 18.5 Å². The SMILES string of the molecule is C#C.C/C=C\C=C(/C)N1CCN=C2/C(=C/c3ccc(-n4cnc(C)c4)c4sncc34)OCCN21.CS(F)(F)(F)(F)F. The number of allylic oxidation sites excluding steroid dienone is 4. The number of fused-ring (bicyclic) bond motifs is 2. The molecule has 4 heterocycles. The monoisotopic (exact) mass is 614 g/mol. The van der Waals surface area contributed by atoms with Crippen LogP contribution in [0, 0.1) is 19.8 Å². The first-order valence-corrected chi connectivity index (χ1v) is 15.4. The molecule has 0 radical (unpaired) electrons. The van der Waals surface area contributed by atoms with Gasteiger partial charge >= 0.3 is 0 Å². The third kappa shape index (κ3) is 9.09. The average Bonchev–Trinajstić information content (AvgIpc) is 3.56. The van der Waals surface area contributed by atoms with Gasteiger partial charge in [0.15, 0.2) is 11.6 Å². The Morgan fingerprint density at radius 3 is 2.49 bits per heavy atom. The zero-order valence-corrected chi connectivity index (χ0v) is 24.6. The molecular formula is C27H31F5N6OS2. The van der Waals surface area contributed by atoms with E-state index in [2.05, 4.69) is 74.1 Å². The number of aryl methyl sites for hydroxylation is 1. The number of hydrogen-bond donors (Lipinski definition) is 0. The van der Waals surface area contributed by atoms with Gasteiger partial charge in [-0.1, -0.05) is 37.6 Å². The molecule has 7 nitrogen and oxygen atoms in total. The summed E-state index contributed by atoms with van der Waals surface area (Å²) in [6.45, 7) is 9.17. The molecule has 1 fully saturated rings. The van der Waals surface area contributed by atoms with Crippen LogP contribution in [-0.4, -0.2) is 62.3 Å². The number of morpholine rings is 1. The fraction of sp³-hybridized carbons (Fsp3) is 0.296. The summed E-state index contributed by atoms with van der Waals surface area (Å²) >= 11 is 1.50. The molecule has 0 saturated carbocycles. The predicted octanol–water partition coefficient (Wildman–Crippen LogP) is 7.74. The van der Waals surface area contributed by atoms with E-state index >= 15 is 0 Å². The molecule has 0 bridgehead atoms. The molecule has 222 valence electrons. The lowest BCUT2D eigenvalue weighted by molar-refractivity contribution is 0.0304. The number of benzene rings is 1. The standard InChI is InChI=1S/C24H26N6OS.C2H2.CH3F5S/c1-4-5-6-18(3)29-10-9-25-24-22(31-12-11-30(24)29)13-19-7-8-21(23-20(19)14-27-32-23)28-15-17(2)26-16-28;1-2;1-7(2,3,4,5)6/h4-8,13-16H,9-12H2,1-3H3;1-2H;1H3/b5-4-,18-6+,22-13-;;. The Kier molecular flexibility index (Phi) is 8.95. The first kappa shape index (κ1) is 31.7. The fourth-order valence-corrected chi connectivity index (χ4v) is 4.89. The highest BCUT2D eigenvalue weighted by Gasteiger charge is 2.57. The van der Waals surface area contributed by atoms with Gasteiger partial charge in [-0.25, -0.2) is 4.98 Å². The number of ether oxygens (including phenoxy) is 1. The molecule has 0 atom stereocenters. The molecule has 0 N–H and O–H groups in total. The Hall–Kier alpha value is -3.83. The van der Waals surface area contributed by atoms with Gasteiger partial charge in [0.2, 0.25) is 0 Å². The first-order chi connectivity index (χ1) is 19.1. The summed E-state index contributed by atoms with van der Waals surface area (Å²) in [5.41, 5.74) is 4.35. The van der Waals surface area contributed by atoms with Crippen molar-refractivity contribution in [2.24, 2.45) is 4.99 Å². The van der Waals surface area contributed by atoms with Crippen molar-refractivity contribution in [3.05, 3.63) is 71.8 Å². The summed E-state index contributed by atoms with van der Waals surface area (Å²) < 4.78 is 66.3. The van der Waals surface area contributed by atoms with Crippen LogP contribution in [-0.2, 0) is 4.74 Å². The second-order valence-electron chi connectivity index (χ2n) is 9.16. The number of aromatic nitrogens is 3. The van der Waals surface area contributed by atoms with Gasteiger partial charge in [-0.3, -0.25) is 15.0 Å². The van der Waals surface area contributed by atoms with Gasteiger partial charge in [0.1, 0.15) is 6.61 Å². The third-order valence-corrected chi connectivity index (χ3v) is 6.46. The highest BCUT2D eigenvalue weighted by molar-refractivity contribution is 8.45. The molecule has 2 aliphatic rings. The molecule has 2 aromatic heterocycles. The molecule has 0 aliphatic carbocycles. The highest BCUT2D eigenvalue weighted by Crippen LogP contribution is 2.95. The van der Waals surface area contributed by atoms with Crippen LogP contribution in [0.5, 0.6) is 0 Å². The first-order valence-electron chi connectivity index (χ1n) is 12.3. The zero-order chi connectivity index (χ0) is 30.5. The number of rotatable bonds is 4. The van der Waals surface area contributed by atoms with E-state index in [1.165, 1.54) is 17.2 Å².